The molecule has 1 unspecified atom stereocenters. The summed E-state index contributed by atoms with van der Waals surface area (Å²) in [5.41, 5.74) is 3.17. The molecule has 0 bridgehead atoms. The third-order valence-electron chi connectivity index (χ3n) is 4.12. The summed E-state index contributed by atoms with van der Waals surface area (Å²) in [7, 11) is 1.95. The molecule has 2 N–H and O–H groups in total. The number of hydrogen-bond acceptors (Lipinski definition) is 4. The van der Waals surface area contributed by atoms with Gasteiger partial charge in [0.05, 0.1) is 12.7 Å². The molecule has 1 saturated carbocycles. The Hall–Kier alpha value is -2.06. The van der Waals surface area contributed by atoms with E-state index in [0.29, 0.717) is 24.0 Å². The van der Waals surface area contributed by atoms with E-state index >= 15 is 0 Å². The Morgan fingerprint density at radius 2 is 2.00 bits per heavy atom. The monoisotopic (exact) mass is 347 g/mol. The highest BCUT2D eigenvalue weighted by molar-refractivity contribution is 7.71. The predicted molar refractivity (Wildman–Crippen MR) is 92.6 cm³/mol. The molecule has 8 heteroatoms. The lowest BCUT2D eigenvalue weighted by atomic mass is 10.1. The van der Waals surface area contributed by atoms with Crippen molar-refractivity contribution in [3.8, 4) is 5.69 Å². The second kappa shape index (κ2) is 6.82. The van der Waals surface area contributed by atoms with Crippen LogP contribution in [0.3, 0.4) is 0 Å². The number of nitrogens with zero attached hydrogens (tertiary/aromatic N) is 4. The molecular formula is C16H23N6OS+. The number of amides is 1. The SMILES string of the molecule is Cc1cccc(C)c1-n1nnn(C[NH+](C)CC(=O)NC2CC2)c1=S. The van der Waals surface area contributed by atoms with E-state index in [1.807, 2.05) is 39.1 Å². The van der Waals surface area contributed by atoms with Crippen LogP contribution in [0.4, 0.5) is 0 Å². The second-order valence-electron chi connectivity index (χ2n) is 6.55. The first-order valence-corrected chi connectivity index (χ1v) is 8.56. The molecule has 128 valence electrons. The van der Waals surface area contributed by atoms with E-state index in [1.165, 1.54) is 0 Å². The Bertz CT molecular complexity index is 787. The first-order valence-electron chi connectivity index (χ1n) is 8.16. The smallest absolute Gasteiger partial charge is 0.275 e. The molecule has 0 aliphatic heterocycles. The molecule has 0 radical (unpaired) electrons. The van der Waals surface area contributed by atoms with Crippen LogP contribution in [0.1, 0.15) is 24.0 Å². The van der Waals surface area contributed by atoms with Crippen LogP contribution in [0.15, 0.2) is 18.2 Å². The molecule has 1 aliphatic rings. The van der Waals surface area contributed by atoms with E-state index in [2.05, 4.69) is 15.7 Å². The van der Waals surface area contributed by atoms with Gasteiger partial charge in [0.15, 0.2) is 13.2 Å². The Morgan fingerprint density at radius 3 is 2.62 bits per heavy atom. The zero-order valence-corrected chi connectivity index (χ0v) is 15.1. The summed E-state index contributed by atoms with van der Waals surface area (Å²) in [6, 6.07) is 6.46. The molecule has 1 aliphatic carbocycles. The summed E-state index contributed by atoms with van der Waals surface area (Å²) in [6.45, 7) is 4.96. The maximum atomic E-state index is 11.9. The second-order valence-corrected chi connectivity index (χ2v) is 6.91. The lowest BCUT2D eigenvalue weighted by Gasteiger charge is -2.13. The number of benzene rings is 1. The average molecular weight is 347 g/mol. The molecule has 2 aromatic rings. The number of carbonyl (C=O) groups is 1. The van der Waals surface area contributed by atoms with E-state index in [4.69, 9.17) is 12.2 Å². The van der Waals surface area contributed by atoms with Gasteiger partial charge in [0.1, 0.15) is 0 Å². The van der Waals surface area contributed by atoms with Gasteiger partial charge in [0.2, 0.25) is 4.77 Å². The molecule has 0 spiro atoms. The minimum atomic E-state index is 0.0728. The molecule has 0 saturated heterocycles. The maximum Gasteiger partial charge on any atom is 0.275 e. The molecular weight excluding hydrogens is 324 g/mol. The highest BCUT2D eigenvalue weighted by Gasteiger charge is 2.24. The Kier molecular flexibility index (Phi) is 4.77. The molecule has 1 aromatic heterocycles. The van der Waals surface area contributed by atoms with Crippen LogP contribution in [-0.2, 0) is 11.5 Å². The Labute approximate surface area is 146 Å². The van der Waals surface area contributed by atoms with Gasteiger partial charge in [0, 0.05) is 6.04 Å². The Morgan fingerprint density at radius 1 is 1.33 bits per heavy atom. The molecule has 7 nitrogen and oxygen atoms in total. The third-order valence-corrected chi connectivity index (χ3v) is 4.50. The van der Waals surface area contributed by atoms with Crippen molar-refractivity contribution in [1.29, 1.82) is 0 Å². The van der Waals surface area contributed by atoms with Gasteiger partial charge in [0.25, 0.3) is 5.91 Å². The molecule has 3 rings (SSSR count). The average Bonchev–Trinajstić information content (AvgIpc) is 3.25. The van der Waals surface area contributed by atoms with E-state index in [1.54, 1.807) is 9.36 Å². The van der Waals surface area contributed by atoms with E-state index in [0.717, 1.165) is 34.6 Å². The summed E-state index contributed by atoms with van der Waals surface area (Å²) in [4.78, 5) is 12.9. The number of tetrazole rings is 1. The molecule has 1 atom stereocenters. The number of hydrogen-bond donors (Lipinski definition) is 2. The number of aromatic nitrogens is 4. The van der Waals surface area contributed by atoms with Crippen molar-refractivity contribution in [2.24, 2.45) is 0 Å². The van der Waals surface area contributed by atoms with Crippen molar-refractivity contribution >= 4 is 18.1 Å². The summed E-state index contributed by atoms with van der Waals surface area (Å²) in [5.74, 6) is 0.0728. The van der Waals surface area contributed by atoms with Crippen LogP contribution in [-0.4, -0.2) is 45.3 Å². The third kappa shape index (κ3) is 3.70. The number of aryl methyl sites for hydroxylation is 2. The first kappa shape index (κ1) is 16.8. The molecule has 1 heterocycles. The van der Waals surface area contributed by atoms with Crippen LogP contribution in [0.25, 0.3) is 5.69 Å². The maximum absolute atomic E-state index is 11.9. The van der Waals surface area contributed by atoms with E-state index < -0.39 is 0 Å². The largest absolute Gasteiger partial charge is 0.348 e. The van der Waals surface area contributed by atoms with Crippen molar-refractivity contribution in [1.82, 2.24) is 25.1 Å². The van der Waals surface area contributed by atoms with Crippen molar-refractivity contribution < 1.29 is 9.69 Å². The number of rotatable bonds is 6. The fourth-order valence-corrected chi connectivity index (χ4v) is 2.97. The van der Waals surface area contributed by atoms with Gasteiger partial charge in [-0.25, -0.2) is 0 Å². The van der Waals surface area contributed by atoms with Gasteiger partial charge in [-0.1, -0.05) is 18.2 Å². The highest BCUT2D eigenvalue weighted by Crippen LogP contribution is 2.18. The van der Waals surface area contributed by atoms with Crippen molar-refractivity contribution in [3.63, 3.8) is 0 Å². The summed E-state index contributed by atoms with van der Waals surface area (Å²) in [6.07, 6.45) is 2.19. The fourth-order valence-electron chi connectivity index (χ4n) is 2.75. The van der Waals surface area contributed by atoms with Gasteiger partial charge >= 0.3 is 0 Å². The predicted octanol–water partition coefficient (Wildman–Crippen LogP) is 0.166. The van der Waals surface area contributed by atoms with Gasteiger partial charge < -0.3 is 10.2 Å². The van der Waals surface area contributed by atoms with Crippen LogP contribution in [0, 0.1) is 18.6 Å². The zero-order valence-electron chi connectivity index (χ0n) is 14.2. The lowest BCUT2D eigenvalue weighted by Crippen LogP contribution is -3.09. The van der Waals surface area contributed by atoms with Gasteiger partial charge in [-0.2, -0.15) is 9.36 Å². The number of likely N-dealkylation sites (N-methyl/N-ethyl adjacent to an activating group) is 1. The zero-order chi connectivity index (χ0) is 17.3. The van der Waals surface area contributed by atoms with Gasteiger partial charge in [-0.15, -0.1) is 0 Å². The molecule has 1 fully saturated rings. The lowest BCUT2D eigenvalue weighted by molar-refractivity contribution is -0.895. The van der Waals surface area contributed by atoms with Crippen molar-refractivity contribution in [2.45, 2.75) is 39.4 Å². The van der Waals surface area contributed by atoms with Crippen molar-refractivity contribution in [2.75, 3.05) is 13.6 Å². The Balaban J connectivity index is 1.73. The van der Waals surface area contributed by atoms with Gasteiger partial charge in [-0.3, -0.25) is 4.79 Å². The van der Waals surface area contributed by atoms with Crippen LogP contribution in [0.5, 0.6) is 0 Å². The summed E-state index contributed by atoms with van der Waals surface area (Å²) >= 11 is 5.53. The number of carbonyl (C=O) groups excluding carboxylic acids is 1. The van der Waals surface area contributed by atoms with Crippen molar-refractivity contribution in [3.05, 3.63) is 34.1 Å². The van der Waals surface area contributed by atoms with Crippen LogP contribution < -0.4 is 10.2 Å². The highest BCUT2D eigenvalue weighted by atomic mass is 32.1. The normalized spacial score (nSPS) is 15.3. The number of nitrogens with one attached hydrogen (secondary N) is 2. The van der Waals surface area contributed by atoms with Crippen LogP contribution in [0.2, 0.25) is 0 Å². The topological polar surface area (TPSA) is 69.2 Å². The fraction of sp³-hybridized carbons (Fsp3) is 0.500. The standard InChI is InChI=1S/C16H22N6OS/c1-11-5-4-6-12(2)15(11)22-16(24)21(18-19-22)10-20(3)9-14(23)17-13-7-8-13/h4-6,13H,7-10H2,1-3H3,(H,17,23)/p+1. The molecule has 24 heavy (non-hydrogen) atoms. The minimum absolute atomic E-state index is 0.0728. The molecule has 1 aromatic carbocycles. The van der Waals surface area contributed by atoms with E-state index in [-0.39, 0.29) is 5.91 Å². The van der Waals surface area contributed by atoms with Crippen LogP contribution >= 0.6 is 12.2 Å². The minimum Gasteiger partial charge on any atom is -0.348 e. The number of quaternary nitrogens is 1. The first-order chi connectivity index (χ1) is 11.5. The summed E-state index contributed by atoms with van der Waals surface area (Å²) in [5, 5.41) is 11.4. The quantitative estimate of drug-likeness (QED) is 0.731. The molecule has 1 amide bonds. The number of para-hydroxylation sites is 1. The summed E-state index contributed by atoms with van der Waals surface area (Å²) < 4.78 is 3.90. The van der Waals surface area contributed by atoms with E-state index in [9.17, 15) is 4.79 Å². The van der Waals surface area contributed by atoms with Gasteiger partial charge in [-0.05, 0) is 60.5 Å².